The summed E-state index contributed by atoms with van der Waals surface area (Å²) in [4.78, 5) is 11.9. The molecule has 7 heteroatoms. The predicted molar refractivity (Wildman–Crippen MR) is 134 cm³/mol. The fourth-order valence-electron chi connectivity index (χ4n) is 3.44. The average Bonchev–Trinajstić information content (AvgIpc) is 3.23. The van der Waals surface area contributed by atoms with E-state index in [1.165, 1.54) is 0 Å². The second-order valence-corrected chi connectivity index (χ2v) is 7.79. The second kappa shape index (κ2) is 10.6. The number of aryl methyl sites for hydroxylation is 1. The number of aromatic hydroxyl groups is 1. The molecule has 178 valence electrons. The first-order valence-corrected chi connectivity index (χ1v) is 11.2. The number of nitrogens with zero attached hydrogens (tertiary/aromatic N) is 1. The molecule has 0 unspecified atom stereocenters. The number of phenolic OH excluding ortho intramolecular Hbond substituents is 1. The number of carbonyl (C=O) groups is 1. The third-order valence-electron chi connectivity index (χ3n) is 5.32. The lowest BCUT2D eigenvalue weighted by Crippen LogP contribution is -2.04. The number of esters is 1. The smallest absolute Gasteiger partial charge is 0.338 e. The van der Waals surface area contributed by atoms with Crippen LogP contribution >= 0.6 is 0 Å². The maximum atomic E-state index is 11.9. The highest BCUT2D eigenvalue weighted by Crippen LogP contribution is 2.39. The van der Waals surface area contributed by atoms with Crippen LogP contribution in [0.1, 0.15) is 34.1 Å². The van der Waals surface area contributed by atoms with Crippen molar-refractivity contribution in [2.45, 2.75) is 20.5 Å². The van der Waals surface area contributed by atoms with Gasteiger partial charge in [-0.15, -0.1) is 0 Å². The highest BCUT2D eigenvalue weighted by atomic mass is 16.5. The number of rotatable bonds is 9. The van der Waals surface area contributed by atoms with Crippen LogP contribution in [0.4, 0.5) is 0 Å². The summed E-state index contributed by atoms with van der Waals surface area (Å²) < 4.78 is 16.9. The molecule has 0 aliphatic rings. The van der Waals surface area contributed by atoms with E-state index in [0.717, 1.165) is 11.1 Å². The van der Waals surface area contributed by atoms with Crippen molar-refractivity contribution >= 4 is 12.0 Å². The summed E-state index contributed by atoms with van der Waals surface area (Å²) in [5, 5.41) is 17.9. The van der Waals surface area contributed by atoms with Gasteiger partial charge in [0.25, 0.3) is 0 Å². The number of benzene rings is 3. The number of hydrogen-bond acceptors (Lipinski definition) is 6. The Bertz CT molecular complexity index is 1320. The zero-order valence-corrected chi connectivity index (χ0v) is 19.6. The van der Waals surface area contributed by atoms with Gasteiger partial charge >= 0.3 is 5.97 Å². The number of ether oxygens (including phenoxy) is 3. The SMILES string of the molecule is C=Cc1ccc(COc2ccc(-c3n[nH]c(C)c3Oc3ccc(C(=O)OCC)cc3)c(O)c2)cc1. The molecule has 0 spiro atoms. The molecule has 0 aliphatic carbocycles. The lowest BCUT2D eigenvalue weighted by atomic mass is 10.1. The molecule has 0 radical (unpaired) electrons. The molecule has 2 N–H and O–H groups in total. The lowest BCUT2D eigenvalue weighted by Gasteiger charge is -2.11. The minimum atomic E-state index is -0.389. The van der Waals surface area contributed by atoms with Crippen LogP contribution in [0.25, 0.3) is 17.3 Å². The third kappa shape index (κ3) is 5.52. The van der Waals surface area contributed by atoms with Gasteiger partial charge in [0.2, 0.25) is 0 Å². The first kappa shape index (κ1) is 23.6. The number of H-pyrrole nitrogens is 1. The molecular weight excluding hydrogens is 444 g/mol. The van der Waals surface area contributed by atoms with Crippen LogP contribution in [-0.2, 0) is 11.3 Å². The van der Waals surface area contributed by atoms with Crippen molar-refractivity contribution in [3.8, 4) is 34.3 Å². The summed E-state index contributed by atoms with van der Waals surface area (Å²) >= 11 is 0. The molecule has 0 atom stereocenters. The van der Waals surface area contributed by atoms with Gasteiger partial charge in [-0.1, -0.05) is 36.9 Å². The number of aromatic amines is 1. The van der Waals surface area contributed by atoms with Crippen molar-refractivity contribution in [1.82, 2.24) is 10.2 Å². The van der Waals surface area contributed by atoms with Gasteiger partial charge in [0.1, 0.15) is 29.5 Å². The van der Waals surface area contributed by atoms with Crippen LogP contribution in [0.2, 0.25) is 0 Å². The second-order valence-electron chi connectivity index (χ2n) is 7.79. The van der Waals surface area contributed by atoms with Crippen LogP contribution in [0.15, 0.2) is 73.3 Å². The van der Waals surface area contributed by atoms with Gasteiger partial charge < -0.3 is 19.3 Å². The Morgan fingerprint density at radius 2 is 1.77 bits per heavy atom. The van der Waals surface area contributed by atoms with Crippen LogP contribution in [0.3, 0.4) is 0 Å². The van der Waals surface area contributed by atoms with E-state index >= 15 is 0 Å². The summed E-state index contributed by atoms with van der Waals surface area (Å²) in [6.45, 7) is 8.01. The van der Waals surface area contributed by atoms with Gasteiger partial charge in [-0.2, -0.15) is 5.10 Å². The van der Waals surface area contributed by atoms with E-state index in [2.05, 4.69) is 16.8 Å². The van der Waals surface area contributed by atoms with E-state index < -0.39 is 0 Å². The quantitative estimate of drug-likeness (QED) is 0.280. The highest BCUT2D eigenvalue weighted by molar-refractivity contribution is 5.89. The monoisotopic (exact) mass is 470 g/mol. The summed E-state index contributed by atoms with van der Waals surface area (Å²) in [5.41, 5.74) is 4.13. The van der Waals surface area contributed by atoms with Crippen LogP contribution < -0.4 is 9.47 Å². The zero-order valence-electron chi connectivity index (χ0n) is 19.6. The van der Waals surface area contributed by atoms with Gasteiger partial charge in [0, 0.05) is 11.6 Å². The molecule has 4 aromatic rings. The fourth-order valence-corrected chi connectivity index (χ4v) is 3.44. The minimum absolute atomic E-state index is 0.0125. The average molecular weight is 471 g/mol. The molecule has 4 rings (SSSR count). The molecule has 0 amide bonds. The molecule has 0 saturated heterocycles. The molecular formula is C28H26N2O5. The number of aromatic nitrogens is 2. The summed E-state index contributed by atoms with van der Waals surface area (Å²) in [5.74, 6) is 1.15. The Kier molecular flexibility index (Phi) is 7.16. The summed E-state index contributed by atoms with van der Waals surface area (Å²) in [6.07, 6.45) is 1.79. The van der Waals surface area contributed by atoms with E-state index in [1.54, 1.807) is 55.5 Å². The number of hydrogen-bond donors (Lipinski definition) is 2. The topological polar surface area (TPSA) is 93.7 Å². The first-order valence-electron chi connectivity index (χ1n) is 11.2. The van der Waals surface area contributed by atoms with Crippen LogP contribution in [-0.4, -0.2) is 27.9 Å². The molecule has 0 bridgehead atoms. The third-order valence-corrected chi connectivity index (χ3v) is 5.32. The van der Waals surface area contributed by atoms with Crippen LogP contribution in [0.5, 0.6) is 23.0 Å². The minimum Gasteiger partial charge on any atom is -0.507 e. The van der Waals surface area contributed by atoms with Gasteiger partial charge in [0.15, 0.2) is 5.75 Å². The standard InChI is InChI=1S/C28H26N2O5/c1-4-19-6-8-20(9-7-19)17-34-23-14-15-24(25(31)16-23)26-27(18(3)29-30-26)35-22-12-10-21(11-13-22)28(32)33-5-2/h4,6-16,31H,1,5,17H2,2-3H3,(H,29,30). The summed E-state index contributed by atoms with van der Waals surface area (Å²) in [6, 6.07) is 19.6. The zero-order chi connectivity index (χ0) is 24.8. The van der Waals surface area contributed by atoms with Gasteiger partial charge in [-0.05, 0) is 61.4 Å². The van der Waals surface area contributed by atoms with E-state index in [4.69, 9.17) is 14.2 Å². The highest BCUT2D eigenvalue weighted by Gasteiger charge is 2.19. The van der Waals surface area contributed by atoms with Crippen molar-refractivity contribution in [2.75, 3.05) is 6.61 Å². The van der Waals surface area contributed by atoms with E-state index in [-0.39, 0.29) is 11.7 Å². The predicted octanol–water partition coefficient (Wildman–Crippen LogP) is 6.28. The molecule has 7 nitrogen and oxygen atoms in total. The Morgan fingerprint density at radius 3 is 2.43 bits per heavy atom. The normalized spacial score (nSPS) is 10.6. The largest absolute Gasteiger partial charge is 0.507 e. The fraction of sp³-hybridized carbons (Fsp3) is 0.143. The van der Waals surface area contributed by atoms with E-state index in [0.29, 0.717) is 53.0 Å². The Hall–Kier alpha value is -4.52. The Morgan fingerprint density at radius 1 is 1.06 bits per heavy atom. The summed E-state index contributed by atoms with van der Waals surface area (Å²) in [7, 11) is 0. The molecule has 0 saturated carbocycles. The van der Waals surface area contributed by atoms with E-state index in [1.807, 2.05) is 31.2 Å². The molecule has 1 heterocycles. The van der Waals surface area contributed by atoms with Crippen LogP contribution in [0, 0.1) is 6.92 Å². The van der Waals surface area contributed by atoms with E-state index in [9.17, 15) is 9.90 Å². The first-order chi connectivity index (χ1) is 17.0. The van der Waals surface area contributed by atoms with Crippen molar-refractivity contribution < 1.29 is 24.1 Å². The molecule has 0 aliphatic heterocycles. The maximum absolute atomic E-state index is 11.9. The van der Waals surface area contributed by atoms with Crippen molar-refractivity contribution in [2.24, 2.45) is 0 Å². The molecule has 3 aromatic carbocycles. The Balaban J connectivity index is 1.49. The lowest BCUT2D eigenvalue weighted by molar-refractivity contribution is 0.0526. The van der Waals surface area contributed by atoms with Gasteiger partial charge in [0.05, 0.1) is 17.9 Å². The Labute approximate surface area is 203 Å². The molecule has 0 fully saturated rings. The van der Waals surface area contributed by atoms with Crippen molar-refractivity contribution in [1.29, 1.82) is 0 Å². The molecule has 35 heavy (non-hydrogen) atoms. The number of nitrogens with one attached hydrogen (secondary N) is 1. The number of phenols is 1. The maximum Gasteiger partial charge on any atom is 0.338 e. The van der Waals surface area contributed by atoms with Crippen molar-refractivity contribution in [3.63, 3.8) is 0 Å². The van der Waals surface area contributed by atoms with Crippen molar-refractivity contribution in [3.05, 3.63) is 95.7 Å². The van der Waals surface area contributed by atoms with Gasteiger partial charge in [-0.25, -0.2) is 4.79 Å². The molecule has 1 aromatic heterocycles. The van der Waals surface area contributed by atoms with Gasteiger partial charge in [-0.3, -0.25) is 5.10 Å². The number of carbonyl (C=O) groups excluding carboxylic acids is 1.